The summed E-state index contributed by atoms with van der Waals surface area (Å²) in [5.74, 6) is 3.45. The maximum atomic E-state index is 11.3. The van der Waals surface area contributed by atoms with Gasteiger partial charge in [-0.1, -0.05) is 81.0 Å². The van der Waals surface area contributed by atoms with Crippen molar-refractivity contribution in [3.05, 3.63) is 178 Å². The maximum absolute atomic E-state index is 11.3. The molecule has 8 aliphatic rings. The normalized spacial score (nSPS) is 22.3. The molecule has 12 heterocycles. The SMILES string of the molecule is CC1=NN(c2ccc(OC3CCN(c4cc(Cl)cc(C)n4)CC3)cc2)C(CC(=O)O)C1C.CC1=NN(c2ccc(OC3CCN(c4ncccc4Cl)CC3)cc2)C(CC(=O)O)C1C.COc1cc(N2CCC(Oc3ccc(N4N=C(C)C(C)C4CC(=O)O)cc3)C(C)C2)c(Cl)cn1.COc1cc(N2CCC(Oc3ccc(N4N=C(C)C(C)C4CC(=O)O)cc3)CC2)c(Cl)cn1. The van der Waals surface area contributed by atoms with Crippen LogP contribution in [0.4, 0.5) is 45.8 Å². The number of hydrogen-bond acceptors (Lipinski definition) is 26. The van der Waals surface area contributed by atoms with E-state index >= 15 is 0 Å². The highest BCUT2D eigenvalue weighted by Gasteiger charge is 2.40. The second kappa shape index (κ2) is 43.9. The van der Waals surface area contributed by atoms with Gasteiger partial charge in [-0.15, -0.1) is 0 Å². The molecule has 692 valence electrons. The summed E-state index contributed by atoms with van der Waals surface area (Å²) in [5.41, 5.74) is 10.1. The number of rotatable bonds is 26. The molecule has 4 saturated heterocycles. The number of hydrogen-bond donors (Lipinski definition) is 4. The molecule has 30 nitrogen and oxygen atoms in total. The topological polar surface area (TPSA) is 332 Å². The Morgan fingerprint density at radius 1 is 0.392 bits per heavy atom. The zero-order chi connectivity index (χ0) is 92.7. The smallest absolute Gasteiger partial charge is 0.305 e. The van der Waals surface area contributed by atoms with Crippen molar-refractivity contribution < 1.29 is 68.0 Å². The van der Waals surface area contributed by atoms with E-state index in [1.165, 1.54) is 0 Å². The van der Waals surface area contributed by atoms with Gasteiger partial charge in [0.05, 0.1) is 126 Å². The standard InChI is InChI=1S/C25H31ClN4O4.C24H29ClN4O4.C24H29ClN4O3.C23H27ClN4O3/c1-15-14-29(22-11-24(33-4)27-13-20(22)26)10-9-23(15)34-19-7-5-18(6-8-19)30-21(12-25(31)32)16(2)17(3)28-30;1-15-16(2)27-29(21(15)13-24(30)31)17-4-6-18(7-5-17)33-19-8-10-28(11-9-19)22-12-23(32-3)26-14-20(22)25;1-15-12-18(25)13-23(26-15)28-10-8-21(9-11-28)32-20-6-4-19(5-7-20)29-22(14-24(30)31)16(2)17(3)27-29;1-15-16(2)26-28(21(15)14-22(29)30)17-5-7-18(8-6-17)31-19-9-12-27(13-10-19)23-20(24)4-3-11-25-23/h5-8,11,13,15-16,21,23H,9-10,12,14H2,1-4H3,(H,31,32);4-7,12,14-15,19,21H,8-11,13H2,1-3H3,(H,30,31);4-7,12-13,16,21-22H,8-11,14H2,1-3H3,(H,30,31);3-8,11,15,19,21H,9-10,12-14H2,1-2H3,(H,29,30). The molecule has 4 fully saturated rings. The van der Waals surface area contributed by atoms with E-state index in [2.05, 4.69) is 66.9 Å². The number of carbonyl (C=O) groups is 4. The minimum atomic E-state index is -0.821. The third-order valence-electron chi connectivity index (χ3n) is 25.5. The molecule has 0 spiro atoms. The second-order valence-electron chi connectivity index (χ2n) is 34.4. The lowest BCUT2D eigenvalue weighted by Gasteiger charge is -2.38. The van der Waals surface area contributed by atoms with E-state index in [4.69, 9.17) is 74.8 Å². The quantitative estimate of drug-likeness (QED) is 0.0391. The van der Waals surface area contributed by atoms with Crippen LogP contribution in [0.1, 0.15) is 139 Å². The van der Waals surface area contributed by atoms with Crippen molar-refractivity contribution >= 4 is 139 Å². The van der Waals surface area contributed by atoms with Gasteiger partial charge in [0.1, 0.15) is 59.0 Å². The molecule has 0 bridgehead atoms. The third kappa shape index (κ3) is 24.3. The number of halogens is 4. The number of anilines is 8. The zero-order valence-electron chi connectivity index (χ0n) is 75.4. The van der Waals surface area contributed by atoms with Crippen LogP contribution in [0.5, 0.6) is 34.8 Å². The van der Waals surface area contributed by atoms with Crippen LogP contribution in [-0.4, -0.2) is 202 Å². The molecule has 4 aromatic carbocycles. The first-order valence-corrected chi connectivity index (χ1v) is 45.8. The lowest BCUT2D eigenvalue weighted by molar-refractivity contribution is -0.138. The summed E-state index contributed by atoms with van der Waals surface area (Å²) in [4.78, 5) is 71.4. The average molecular weight is 1860 g/mol. The monoisotopic (exact) mass is 1860 g/mol. The van der Waals surface area contributed by atoms with Crippen LogP contribution in [0.2, 0.25) is 20.1 Å². The van der Waals surface area contributed by atoms with Crippen LogP contribution in [0.15, 0.2) is 172 Å². The molecule has 0 saturated carbocycles. The minimum absolute atomic E-state index is 0.0454. The Balaban J connectivity index is 0.000000148. The Morgan fingerprint density at radius 3 is 1.05 bits per heavy atom. The molecule has 4 aromatic heterocycles. The molecule has 4 N–H and O–H groups in total. The summed E-state index contributed by atoms with van der Waals surface area (Å²) in [6.07, 6.45) is 11.9. The van der Waals surface area contributed by atoms with Gasteiger partial charge in [-0.25, -0.2) is 19.9 Å². The van der Waals surface area contributed by atoms with E-state index in [0.29, 0.717) is 31.9 Å². The molecule has 0 amide bonds. The predicted molar refractivity (Wildman–Crippen MR) is 512 cm³/mol. The lowest BCUT2D eigenvalue weighted by atomic mass is 9.95. The van der Waals surface area contributed by atoms with Gasteiger partial charge in [0.15, 0.2) is 0 Å². The number of benzene rings is 4. The number of carboxylic acids is 4. The number of methoxy groups -OCH3 is 2. The molecule has 130 heavy (non-hydrogen) atoms. The Kier molecular flexibility index (Phi) is 32.4. The van der Waals surface area contributed by atoms with E-state index < -0.39 is 23.9 Å². The fourth-order valence-corrected chi connectivity index (χ4v) is 18.5. The summed E-state index contributed by atoms with van der Waals surface area (Å²) in [5, 5.41) is 65.4. The van der Waals surface area contributed by atoms with Gasteiger partial charge >= 0.3 is 23.9 Å². The van der Waals surface area contributed by atoms with Crippen LogP contribution in [0.3, 0.4) is 0 Å². The highest BCUT2D eigenvalue weighted by Crippen LogP contribution is 2.41. The lowest BCUT2D eigenvalue weighted by Crippen LogP contribution is -2.44. The first kappa shape index (κ1) is 96.0. The van der Waals surface area contributed by atoms with Gasteiger partial charge in [-0.2, -0.15) is 20.4 Å². The van der Waals surface area contributed by atoms with Gasteiger partial charge in [-0.3, -0.25) is 39.2 Å². The second-order valence-corrected chi connectivity index (χ2v) is 36.0. The van der Waals surface area contributed by atoms with Crippen molar-refractivity contribution in [2.45, 2.75) is 188 Å². The van der Waals surface area contributed by atoms with Crippen molar-refractivity contribution in [1.82, 2.24) is 19.9 Å². The Labute approximate surface area is 779 Å². The van der Waals surface area contributed by atoms with Crippen LogP contribution in [0, 0.1) is 36.5 Å². The predicted octanol–water partition coefficient (Wildman–Crippen LogP) is 18.4. The zero-order valence-corrected chi connectivity index (χ0v) is 78.4. The summed E-state index contributed by atoms with van der Waals surface area (Å²) >= 11 is 25.2. The summed E-state index contributed by atoms with van der Waals surface area (Å²) < 4.78 is 35.4. The molecule has 34 heteroatoms. The molecule has 8 aliphatic heterocycles. The van der Waals surface area contributed by atoms with E-state index in [0.717, 1.165) is 195 Å². The van der Waals surface area contributed by atoms with Crippen LogP contribution < -0.4 is 68.1 Å². The maximum Gasteiger partial charge on any atom is 0.305 e. The number of carboxylic acid groups (broad SMARTS) is 4. The molecule has 8 aromatic rings. The number of aliphatic carboxylic acids is 4. The van der Waals surface area contributed by atoms with Crippen LogP contribution >= 0.6 is 46.4 Å². The average Bonchev–Trinajstić information content (AvgIpc) is 1.67. The van der Waals surface area contributed by atoms with Crippen molar-refractivity contribution in [3.63, 3.8) is 0 Å². The highest BCUT2D eigenvalue weighted by atomic mass is 35.5. The summed E-state index contributed by atoms with van der Waals surface area (Å²) in [7, 11) is 3.19. The minimum Gasteiger partial charge on any atom is -0.490 e. The number of piperidine rings is 4. The van der Waals surface area contributed by atoms with E-state index in [1.807, 2.05) is 216 Å². The van der Waals surface area contributed by atoms with Crippen molar-refractivity contribution in [3.8, 4) is 34.8 Å². The van der Waals surface area contributed by atoms with Gasteiger partial charge in [0, 0.05) is 179 Å². The molecule has 0 radical (unpaired) electrons. The van der Waals surface area contributed by atoms with Gasteiger partial charge in [-0.05, 0) is 156 Å². The Morgan fingerprint density at radius 2 is 0.723 bits per heavy atom. The third-order valence-corrected chi connectivity index (χ3v) is 26.6. The Bertz CT molecular complexity index is 5330. The number of aromatic nitrogens is 4. The molecule has 10 unspecified atom stereocenters. The van der Waals surface area contributed by atoms with Crippen molar-refractivity contribution in [2.24, 2.45) is 50.0 Å². The van der Waals surface area contributed by atoms with Gasteiger partial charge in [0.2, 0.25) is 11.8 Å². The first-order chi connectivity index (χ1) is 62.3. The molecule has 16 rings (SSSR count). The van der Waals surface area contributed by atoms with E-state index in [-0.39, 0.29) is 104 Å². The number of nitrogens with zero attached hydrogens (tertiary/aromatic N) is 16. The largest absolute Gasteiger partial charge is 0.490 e. The van der Waals surface area contributed by atoms with Gasteiger partial charge < -0.3 is 68.4 Å². The molecular formula is C96H116Cl4N16O14. The molecular weight excluding hydrogens is 1740 g/mol. The Hall–Kier alpha value is -11.6. The fraction of sp³-hybridized carbons (Fsp3) is 0.458. The fourth-order valence-electron chi connectivity index (χ4n) is 17.6. The van der Waals surface area contributed by atoms with E-state index in [9.17, 15) is 39.6 Å². The van der Waals surface area contributed by atoms with Crippen molar-refractivity contribution in [1.29, 1.82) is 0 Å². The number of ether oxygens (including phenoxy) is 6. The van der Waals surface area contributed by atoms with Crippen LogP contribution in [-0.2, 0) is 19.2 Å². The van der Waals surface area contributed by atoms with E-state index in [1.54, 1.807) is 32.8 Å². The highest BCUT2D eigenvalue weighted by molar-refractivity contribution is 6.34. The van der Waals surface area contributed by atoms with Crippen LogP contribution in [0.25, 0.3) is 0 Å². The molecule has 10 atom stereocenters. The summed E-state index contributed by atoms with van der Waals surface area (Å²) in [6, 6.07) is 41.5. The van der Waals surface area contributed by atoms with Gasteiger partial charge in [0.25, 0.3) is 0 Å². The number of aryl methyl sites for hydroxylation is 1. The first-order valence-electron chi connectivity index (χ1n) is 44.3. The molecule has 0 aliphatic carbocycles. The number of pyridine rings is 4. The summed E-state index contributed by atoms with van der Waals surface area (Å²) in [6.45, 7) is 26.7. The number of hydrazone groups is 4. The van der Waals surface area contributed by atoms with Crippen molar-refractivity contribution in [2.75, 3.05) is 106 Å².